The van der Waals surface area contributed by atoms with Crippen molar-refractivity contribution < 1.29 is 14.3 Å². The van der Waals surface area contributed by atoms with Crippen molar-refractivity contribution in [1.29, 1.82) is 5.26 Å². The standard InChI is InChI=1S/C14H15NO3/c1-17-12-4-2-3-11(9-16)13(12)18-10-14(5-6-14)7-8-15/h2-4,9H,5-7,10H2,1H3. The van der Waals surface area contributed by atoms with Crippen LogP contribution in [0.1, 0.15) is 29.6 Å². The van der Waals surface area contributed by atoms with Gasteiger partial charge in [0.2, 0.25) is 0 Å². The highest BCUT2D eigenvalue weighted by Crippen LogP contribution is 2.49. The van der Waals surface area contributed by atoms with Crippen LogP contribution >= 0.6 is 0 Å². The van der Waals surface area contributed by atoms with E-state index in [1.54, 1.807) is 25.3 Å². The van der Waals surface area contributed by atoms with E-state index in [-0.39, 0.29) is 5.41 Å². The molecule has 0 saturated heterocycles. The van der Waals surface area contributed by atoms with Crippen LogP contribution < -0.4 is 9.47 Å². The molecule has 1 fully saturated rings. The number of nitrogens with zero attached hydrogens (tertiary/aromatic N) is 1. The van der Waals surface area contributed by atoms with Gasteiger partial charge in [-0.2, -0.15) is 5.26 Å². The van der Waals surface area contributed by atoms with Crippen LogP contribution in [-0.2, 0) is 0 Å². The number of benzene rings is 1. The van der Waals surface area contributed by atoms with Crippen LogP contribution in [0.3, 0.4) is 0 Å². The molecular formula is C14H15NO3. The Hall–Kier alpha value is -2.02. The molecule has 0 unspecified atom stereocenters. The maximum absolute atomic E-state index is 11.0. The van der Waals surface area contributed by atoms with Gasteiger partial charge in [-0.3, -0.25) is 4.79 Å². The zero-order chi connectivity index (χ0) is 13.0. The molecule has 1 aliphatic rings. The average Bonchev–Trinajstić information content (AvgIpc) is 3.16. The first kappa shape index (κ1) is 12.4. The number of nitriles is 1. The minimum Gasteiger partial charge on any atom is -0.493 e. The van der Waals surface area contributed by atoms with Crippen LogP contribution in [0.15, 0.2) is 18.2 Å². The molecule has 0 bridgehead atoms. The maximum atomic E-state index is 11.0. The topological polar surface area (TPSA) is 59.3 Å². The zero-order valence-electron chi connectivity index (χ0n) is 10.3. The van der Waals surface area contributed by atoms with E-state index < -0.39 is 0 Å². The molecule has 0 aromatic heterocycles. The summed E-state index contributed by atoms with van der Waals surface area (Å²) in [6.45, 7) is 0.460. The van der Waals surface area contributed by atoms with Gasteiger partial charge in [0, 0.05) is 11.8 Å². The fraction of sp³-hybridized carbons (Fsp3) is 0.429. The number of hydrogen-bond acceptors (Lipinski definition) is 4. The Labute approximate surface area is 106 Å². The van der Waals surface area contributed by atoms with Gasteiger partial charge in [0.1, 0.15) is 0 Å². The lowest BCUT2D eigenvalue weighted by Crippen LogP contribution is -2.13. The Morgan fingerprint density at radius 2 is 2.28 bits per heavy atom. The first-order valence-corrected chi connectivity index (χ1v) is 5.86. The summed E-state index contributed by atoms with van der Waals surface area (Å²) in [6.07, 6.45) is 3.26. The van der Waals surface area contributed by atoms with Crippen molar-refractivity contribution in [3.63, 3.8) is 0 Å². The van der Waals surface area contributed by atoms with E-state index >= 15 is 0 Å². The van der Waals surface area contributed by atoms with E-state index in [9.17, 15) is 4.79 Å². The summed E-state index contributed by atoms with van der Waals surface area (Å²) in [4.78, 5) is 11.0. The number of carbonyl (C=O) groups is 1. The summed E-state index contributed by atoms with van der Waals surface area (Å²) in [6, 6.07) is 7.38. The molecule has 0 aliphatic heterocycles. The molecule has 2 rings (SSSR count). The summed E-state index contributed by atoms with van der Waals surface area (Å²) in [5.74, 6) is 1.02. The van der Waals surface area contributed by atoms with Crippen molar-refractivity contribution in [2.45, 2.75) is 19.3 Å². The molecule has 4 heteroatoms. The molecular weight excluding hydrogens is 230 g/mol. The van der Waals surface area contributed by atoms with Gasteiger partial charge in [0.15, 0.2) is 17.8 Å². The van der Waals surface area contributed by atoms with E-state index in [4.69, 9.17) is 14.7 Å². The minimum atomic E-state index is -0.0181. The van der Waals surface area contributed by atoms with Crippen LogP contribution in [-0.4, -0.2) is 20.0 Å². The summed E-state index contributed by atoms with van der Waals surface area (Å²) in [5, 5.41) is 8.75. The van der Waals surface area contributed by atoms with Gasteiger partial charge in [-0.1, -0.05) is 6.07 Å². The predicted octanol–water partition coefficient (Wildman–Crippen LogP) is 2.58. The lowest BCUT2D eigenvalue weighted by molar-refractivity contribution is 0.111. The van der Waals surface area contributed by atoms with Crippen LogP contribution in [0, 0.1) is 16.7 Å². The Balaban J connectivity index is 2.13. The molecule has 0 atom stereocenters. The van der Waals surface area contributed by atoms with Crippen molar-refractivity contribution in [1.82, 2.24) is 0 Å². The number of para-hydroxylation sites is 1. The number of rotatable bonds is 6. The Kier molecular flexibility index (Phi) is 3.52. The van der Waals surface area contributed by atoms with Crippen LogP contribution in [0.5, 0.6) is 11.5 Å². The van der Waals surface area contributed by atoms with E-state index in [0.717, 1.165) is 19.1 Å². The van der Waals surface area contributed by atoms with Gasteiger partial charge >= 0.3 is 0 Å². The number of hydrogen-bond donors (Lipinski definition) is 0. The Morgan fingerprint density at radius 3 is 2.83 bits per heavy atom. The largest absolute Gasteiger partial charge is 0.493 e. The van der Waals surface area contributed by atoms with Crippen LogP contribution in [0.2, 0.25) is 0 Å². The second-order valence-electron chi connectivity index (χ2n) is 4.62. The van der Waals surface area contributed by atoms with E-state index in [2.05, 4.69) is 6.07 Å². The highest BCUT2D eigenvalue weighted by molar-refractivity contribution is 5.81. The SMILES string of the molecule is COc1cccc(C=O)c1OCC1(CC#N)CC1. The zero-order valence-corrected chi connectivity index (χ0v) is 10.3. The van der Waals surface area contributed by atoms with Crippen molar-refractivity contribution >= 4 is 6.29 Å². The molecule has 0 radical (unpaired) electrons. The highest BCUT2D eigenvalue weighted by Gasteiger charge is 2.43. The predicted molar refractivity (Wildman–Crippen MR) is 65.8 cm³/mol. The molecule has 0 amide bonds. The summed E-state index contributed by atoms with van der Waals surface area (Å²) < 4.78 is 10.9. The molecule has 94 valence electrons. The summed E-state index contributed by atoms with van der Waals surface area (Å²) in [5.41, 5.74) is 0.456. The fourth-order valence-corrected chi connectivity index (χ4v) is 1.88. The molecule has 1 aliphatic carbocycles. The molecule has 0 heterocycles. The average molecular weight is 245 g/mol. The van der Waals surface area contributed by atoms with Gasteiger partial charge < -0.3 is 9.47 Å². The van der Waals surface area contributed by atoms with Gasteiger partial charge in [-0.05, 0) is 25.0 Å². The van der Waals surface area contributed by atoms with Gasteiger partial charge in [-0.15, -0.1) is 0 Å². The summed E-state index contributed by atoms with van der Waals surface area (Å²) in [7, 11) is 1.54. The molecule has 18 heavy (non-hydrogen) atoms. The van der Waals surface area contributed by atoms with Crippen LogP contribution in [0.25, 0.3) is 0 Å². The van der Waals surface area contributed by atoms with Crippen molar-refractivity contribution in [2.75, 3.05) is 13.7 Å². The van der Waals surface area contributed by atoms with Crippen molar-refractivity contribution in [2.24, 2.45) is 5.41 Å². The third-order valence-corrected chi connectivity index (χ3v) is 3.29. The molecule has 1 aromatic carbocycles. The monoisotopic (exact) mass is 245 g/mol. The van der Waals surface area contributed by atoms with E-state index in [0.29, 0.717) is 30.1 Å². The Bertz CT molecular complexity index is 486. The molecule has 0 N–H and O–H groups in total. The normalized spacial score (nSPS) is 15.6. The van der Waals surface area contributed by atoms with Crippen LogP contribution in [0.4, 0.5) is 0 Å². The number of ether oxygens (including phenoxy) is 2. The number of carbonyl (C=O) groups excluding carboxylic acids is 1. The molecule has 1 aromatic rings. The Morgan fingerprint density at radius 1 is 1.50 bits per heavy atom. The second-order valence-corrected chi connectivity index (χ2v) is 4.62. The van der Waals surface area contributed by atoms with Crippen molar-refractivity contribution in [3.8, 4) is 17.6 Å². The molecule has 4 nitrogen and oxygen atoms in total. The second kappa shape index (κ2) is 5.09. The van der Waals surface area contributed by atoms with Crippen molar-refractivity contribution in [3.05, 3.63) is 23.8 Å². The highest BCUT2D eigenvalue weighted by atomic mass is 16.5. The first-order chi connectivity index (χ1) is 8.74. The van der Waals surface area contributed by atoms with E-state index in [1.165, 1.54) is 0 Å². The number of aldehydes is 1. The smallest absolute Gasteiger partial charge is 0.171 e. The lowest BCUT2D eigenvalue weighted by Gasteiger charge is -2.16. The number of methoxy groups -OCH3 is 1. The van der Waals surface area contributed by atoms with Gasteiger partial charge in [0.05, 0.1) is 25.3 Å². The maximum Gasteiger partial charge on any atom is 0.171 e. The molecule has 0 spiro atoms. The summed E-state index contributed by atoms with van der Waals surface area (Å²) >= 11 is 0. The lowest BCUT2D eigenvalue weighted by atomic mass is 10.1. The van der Waals surface area contributed by atoms with E-state index in [1.807, 2.05) is 0 Å². The van der Waals surface area contributed by atoms with Gasteiger partial charge in [-0.25, -0.2) is 0 Å². The third kappa shape index (κ3) is 2.45. The fourth-order valence-electron chi connectivity index (χ4n) is 1.88. The third-order valence-electron chi connectivity index (χ3n) is 3.29. The first-order valence-electron chi connectivity index (χ1n) is 5.86. The molecule has 1 saturated carbocycles. The van der Waals surface area contributed by atoms with Gasteiger partial charge in [0.25, 0.3) is 0 Å². The minimum absolute atomic E-state index is 0.0181. The quantitative estimate of drug-likeness (QED) is 0.723.